The maximum atomic E-state index is 13.3. The summed E-state index contributed by atoms with van der Waals surface area (Å²) in [4.78, 5) is 87.5. The number of benzene rings is 1. The molecule has 4 aliphatic rings. The number of fused-ring (bicyclic) bond motifs is 2. The van der Waals surface area contributed by atoms with Crippen LogP contribution in [-0.2, 0) is 38.0 Å². The summed E-state index contributed by atoms with van der Waals surface area (Å²) in [5, 5.41) is 27.2. The van der Waals surface area contributed by atoms with Crippen LogP contribution in [0.15, 0.2) is 18.2 Å². The first-order valence-electron chi connectivity index (χ1n) is 28.6. The molecule has 5 rings (SSSR count). The number of nitrogens with two attached hydrogens (primary N) is 2. The molecule has 0 spiro atoms. The third-order valence-corrected chi connectivity index (χ3v) is 17.1. The van der Waals surface area contributed by atoms with E-state index in [0.29, 0.717) is 154 Å². The highest BCUT2D eigenvalue weighted by Gasteiger charge is 2.43. The van der Waals surface area contributed by atoms with E-state index >= 15 is 0 Å². The lowest BCUT2D eigenvalue weighted by Crippen LogP contribution is -2.45. The second-order valence-electron chi connectivity index (χ2n) is 20.7. The lowest BCUT2D eigenvalue weighted by molar-refractivity contribution is -0.122. The van der Waals surface area contributed by atoms with Crippen molar-refractivity contribution in [3.8, 4) is 0 Å². The van der Waals surface area contributed by atoms with Crippen molar-refractivity contribution in [1.29, 1.82) is 0 Å². The van der Waals surface area contributed by atoms with Crippen LogP contribution in [0.5, 0.6) is 0 Å². The first-order chi connectivity index (χ1) is 38.9. The Balaban J connectivity index is 0.833. The van der Waals surface area contributed by atoms with E-state index in [0.717, 1.165) is 50.0 Å². The predicted molar refractivity (Wildman–Crippen MR) is 307 cm³/mol. The van der Waals surface area contributed by atoms with Crippen LogP contribution in [0, 0.1) is 5.41 Å². The number of rotatable bonds is 45. The van der Waals surface area contributed by atoms with Crippen LogP contribution >= 0.6 is 23.5 Å². The van der Waals surface area contributed by atoms with Crippen LogP contribution in [0.4, 0.5) is 9.59 Å². The third-order valence-electron chi connectivity index (χ3n) is 14.1. The first kappa shape index (κ1) is 66.3. The number of hydrogen-bond acceptors (Lipinski definition) is 17. The number of hydrogen-bond donors (Lipinski definition) is 11. The van der Waals surface area contributed by atoms with Crippen molar-refractivity contribution in [2.45, 2.75) is 119 Å². The number of amides is 9. The van der Waals surface area contributed by atoms with E-state index in [2.05, 4.69) is 47.9 Å². The Bertz CT molecular complexity index is 1940. The van der Waals surface area contributed by atoms with Crippen molar-refractivity contribution >= 4 is 65.1 Å². The Labute approximate surface area is 480 Å². The fourth-order valence-corrected chi connectivity index (χ4v) is 12.3. The van der Waals surface area contributed by atoms with Gasteiger partial charge < -0.3 is 87.7 Å². The van der Waals surface area contributed by atoms with Gasteiger partial charge in [-0.1, -0.05) is 19.8 Å². The quantitative estimate of drug-likeness (QED) is 0.0322. The molecule has 0 radical (unpaired) electrons. The van der Waals surface area contributed by atoms with Gasteiger partial charge in [0.15, 0.2) is 0 Å². The van der Waals surface area contributed by atoms with Crippen molar-refractivity contribution in [2.24, 2.45) is 16.9 Å². The fraction of sp³-hybridized carbons (Fsp3) is 0.759. The van der Waals surface area contributed by atoms with Gasteiger partial charge in [-0.25, -0.2) is 9.59 Å². The Kier molecular flexibility index (Phi) is 31.7. The van der Waals surface area contributed by atoms with Crippen molar-refractivity contribution in [1.82, 2.24) is 47.9 Å². The van der Waals surface area contributed by atoms with Gasteiger partial charge in [0, 0.05) is 129 Å². The largest absolute Gasteiger partial charge is 0.379 e. The third kappa shape index (κ3) is 25.3. The van der Waals surface area contributed by atoms with Crippen LogP contribution in [0.3, 0.4) is 0 Å². The van der Waals surface area contributed by atoms with E-state index in [4.69, 9.17) is 39.9 Å². The summed E-state index contributed by atoms with van der Waals surface area (Å²) in [5.74, 6) is 0.591. The number of carbonyl (C=O) groups excluding carboxylic acids is 7. The normalized spacial score (nSPS) is 20.0. The molecule has 452 valence electrons. The van der Waals surface area contributed by atoms with Gasteiger partial charge in [-0.3, -0.25) is 24.0 Å². The van der Waals surface area contributed by atoms with Gasteiger partial charge in [0.25, 0.3) is 17.7 Å². The second-order valence-corrected chi connectivity index (χ2v) is 23.3. The fourth-order valence-electron chi connectivity index (χ4n) is 9.21. The number of unbranched alkanes of at least 4 members (excludes halogenated alkanes) is 2. The average Bonchev–Trinajstić information content (AvgIpc) is 4.23. The van der Waals surface area contributed by atoms with Gasteiger partial charge in [0.05, 0.1) is 77.0 Å². The SMILES string of the molecule is CC(CN)(CN)CNC(=O)c1cc(C(=O)NCCCOCCOCCOCCCNC(=O)CCCCC2SCC3NC(=O)NC32)cc(C(=O)NCCCOCCOCCOCCCNC(=O)CCCCC2SCC3NC(=O)NC32)c1. The number of ether oxygens (including phenoxy) is 6. The molecule has 1 aromatic carbocycles. The van der Waals surface area contributed by atoms with E-state index in [1.54, 1.807) is 0 Å². The van der Waals surface area contributed by atoms with E-state index in [1.165, 1.54) is 18.2 Å². The van der Waals surface area contributed by atoms with E-state index in [9.17, 15) is 33.6 Å². The maximum absolute atomic E-state index is 13.3. The maximum Gasteiger partial charge on any atom is 0.315 e. The van der Waals surface area contributed by atoms with Crippen LogP contribution in [0.25, 0.3) is 0 Å². The summed E-state index contributed by atoms with van der Waals surface area (Å²) in [6, 6.07) is 5.03. The van der Waals surface area contributed by atoms with Gasteiger partial charge in [-0.2, -0.15) is 23.5 Å². The van der Waals surface area contributed by atoms with Gasteiger partial charge in [-0.05, 0) is 69.6 Å². The highest BCUT2D eigenvalue weighted by molar-refractivity contribution is 8.00. The molecule has 4 saturated heterocycles. The van der Waals surface area contributed by atoms with Crippen LogP contribution in [-0.4, -0.2) is 213 Å². The highest BCUT2D eigenvalue weighted by Crippen LogP contribution is 2.34. The van der Waals surface area contributed by atoms with Gasteiger partial charge >= 0.3 is 12.1 Å². The number of thioether (sulfide) groups is 2. The molecule has 0 aliphatic carbocycles. The Morgan fingerprint density at radius 3 is 1.19 bits per heavy atom. The lowest BCUT2D eigenvalue weighted by atomic mass is 9.91. The molecule has 26 heteroatoms. The number of urea groups is 2. The predicted octanol–water partition coefficient (Wildman–Crippen LogP) is 1.14. The zero-order valence-corrected chi connectivity index (χ0v) is 48.4. The number of nitrogens with one attached hydrogen (secondary N) is 9. The van der Waals surface area contributed by atoms with Crippen molar-refractivity contribution in [3.63, 3.8) is 0 Å². The smallest absolute Gasteiger partial charge is 0.315 e. The lowest BCUT2D eigenvalue weighted by Gasteiger charge is -2.26. The molecular weight excluding hydrogens is 1070 g/mol. The summed E-state index contributed by atoms with van der Waals surface area (Å²) in [7, 11) is 0. The Hall–Kier alpha value is -4.51. The molecule has 6 unspecified atom stereocenters. The molecule has 13 N–H and O–H groups in total. The molecule has 4 fully saturated rings. The standard InChI is InChI=1S/C54H91N11O13S2/c1-54(35-55,36-56)37-61-51(70)40-31-38(49(68)59-16-8-20-75-24-28-77-26-22-73-18-6-14-57-45(66)12-4-2-10-43-47-41(33-79-43)62-52(71)64-47)30-39(32-40)50(69)60-17-9-21-76-25-29-78-27-23-74-19-7-15-58-46(67)13-5-3-11-44-48-42(34-80-44)63-53(72)65-48/h30-32,41-44,47-48H,2-29,33-37,55-56H2,1H3,(H,57,66)(H,58,67)(H,59,68)(H,60,69)(H,61,70)(H2,62,64,71)(H2,63,65,72). The highest BCUT2D eigenvalue weighted by atomic mass is 32.2. The molecule has 4 heterocycles. The topological polar surface area (TPSA) is 335 Å². The van der Waals surface area contributed by atoms with Crippen molar-refractivity contribution in [3.05, 3.63) is 34.9 Å². The molecule has 9 amide bonds. The zero-order chi connectivity index (χ0) is 57.2. The van der Waals surface area contributed by atoms with Gasteiger partial charge in [-0.15, -0.1) is 0 Å². The molecule has 6 atom stereocenters. The first-order valence-corrected chi connectivity index (χ1v) is 30.7. The molecule has 0 bridgehead atoms. The van der Waals surface area contributed by atoms with Crippen LogP contribution < -0.4 is 59.3 Å². The summed E-state index contributed by atoms with van der Waals surface area (Å²) < 4.78 is 33.7. The minimum Gasteiger partial charge on any atom is -0.379 e. The molecule has 1 aromatic rings. The van der Waals surface area contributed by atoms with Crippen molar-refractivity contribution in [2.75, 3.05) is 137 Å². The molecular formula is C54H91N11O13S2. The van der Waals surface area contributed by atoms with Crippen molar-refractivity contribution < 1.29 is 62.0 Å². The molecule has 80 heavy (non-hydrogen) atoms. The summed E-state index contributed by atoms with van der Waals surface area (Å²) in [6.07, 6.45) is 8.96. The Morgan fingerprint density at radius 2 is 0.825 bits per heavy atom. The van der Waals surface area contributed by atoms with Crippen LogP contribution in [0.2, 0.25) is 0 Å². The minimum absolute atomic E-state index is 0.0421. The molecule has 4 aliphatic heterocycles. The second kappa shape index (κ2) is 38.3. The van der Waals surface area contributed by atoms with Gasteiger partial charge in [0.1, 0.15) is 0 Å². The Morgan fingerprint density at radius 1 is 0.487 bits per heavy atom. The molecule has 24 nitrogen and oxygen atoms in total. The number of carbonyl (C=O) groups is 7. The average molecular weight is 1170 g/mol. The monoisotopic (exact) mass is 1170 g/mol. The molecule has 0 aromatic heterocycles. The molecule has 0 saturated carbocycles. The van der Waals surface area contributed by atoms with Gasteiger partial charge in [0.2, 0.25) is 11.8 Å². The van der Waals surface area contributed by atoms with Crippen LogP contribution in [0.1, 0.15) is 115 Å². The zero-order valence-electron chi connectivity index (χ0n) is 46.8. The van der Waals surface area contributed by atoms with E-state index in [1.807, 2.05) is 30.4 Å². The van der Waals surface area contributed by atoms with E-state index in [-0.39, 0.29) is 84.4 Å². The van der Waals surface area contributed by atoms with E-state index < -0.39 is 23.1 Å². The minimum atomic E-state index is -0.531. The summed E-state index contributed by atoms with van der Waals surface area (Å²) in [5.41, 5.74) is 11.7. The summed E-state index contributed by atoms with van der Waals surface area (Å²) >= 11 is 3.78. The summed E-state index contributed by atoms with van der Waals surface area (Å²) in [6.45, 7) is 9.21.